The second-order valence-corrected chi connectivity index (χ2v) is 18.6. The van der Waals surface area contributed by atoms with Gasteiger partial charge >= 0.3 is 5.97 Å². The molecule has 1 aliphatic rings. The highest BCUT2D eigenvalue weighted by atomic mass is 35.5. The molecule has 44 heavy (non-hydrogen) atoms. The van der Waals surface area contributed by atoms with Crippen LogP contribution in [0, 0.1) is 6.92 Å². The molecule has 0 bridgehead atoms. The van der Waals surface area contributed by atoms with Gasteiger partial charge in [-0.05, 0) is 36.2 Å². The lowest BCUT2D eigenvalue weighted by molar-refractivity contribution is 0.0696. The molecule has 234 valence electrons. The van der Waals surface area contributed by atoms with Crippen LogP contribution in [0.5, 0.6) is 5.75 Å². The molecule has 5 rings (SSSR count). The van der Waals surface area contributed by atoms with Crippen LogP contribution in [-0.2, 0) is 28.2 Å². The molecule has 1 amide bonds. The van der Waals surface area contributed by atoms with Gasteiger partial charge in [-0.2, -0.15) is 0 Å². The Balaban J connectivity index is 1.31. The number of hydrogen-bond donors (Lipinski definition) is 4. The molecule has 1 saturated heterocycles. The summed E-state index contributed by atoms with van der Waals surface area (Å²) >= 11 is 13.3. The lowest BCUT2D eigenvalue weighted by Crippen LogP contribution is -2.46. The van der Waals surface area contributed by atoms with E-state index in [1.807, 2.05) is 0 Å². The van der Waals surface area contributed by atoms with Crippen molar-refractivity contribution in [3.63, 3.8) is 0 Å². The zero-order valence-electron chi connectivity index (χ0n) is 25.1. The maximum Gasteiger partial charge on any atom is 0.335 e. The summed E-state index contributed by atoms with van der Waals surface area (Å²) in [4.78, 5) is 35.8. The molecule has 4 N–H and O–H groups in total. The highest BCUT2D eigenvalue weighted by Crippen LogP contribution is 2.41. The van der Waals surface area contributed by atoms with Gasteiger partial charge in [-0.25, -0.2) is 9.78 Å². The second kappa shape index (κ2) is 12.9. The number of aromatic nitrogens is 3. The van der Waals surface area contributed by atoms with Gasteiger partial charge in [0.25, 0.3) is 5.91 Å². The number of nitrogens with one attached hydrogen (secondary N) is 3. The van der Waals surface area contributed by atoms with Gasteiger partial charge in [0.1, 0.15) is 28.9 Å². The van der Waals surface area contributed by atoms with Crippen molar-refractivity contribution in [3.8, 4) is 5.75 Å². The minimum absolute atomic E-state index is 0.132. The van der Waals surface area contributed by atoms with Crippen LogP contribution >= 0.6 is 23.2 Å². The number of ether oxygens (including phenoxy) is 3. The van der Waals surface area contributed by atoms with Crippen LogP contribution in [0.15, 0.2) is 36.5 Å². The number of fused-ring (bicyclic) bond motifs is 1. The molecule has 1 unspecified atom stereocenters. The Morgan fingerprint density at radius 2 is 1.91 bits per heavy atom. The van der Waals surface area contributed by atoms with Crippen molar-refractivity contribution >= 4 is 54.1 Å². The van der Waals surface area contributed by atoms with E-state index >= 15 is 0 Å². The smallest absolute Gasteiger partial charge is 0.335 e. The standard InChI is InChI=1S/C31H36Cl2N4O6Si/c1-18-25-22(36-28(18)29(38)37-31(9-10-42-17-31)20-7-5-19(6-8-20)30(39)40)13-23(26(32)27(25)33)43-16-24-34-14-21(35-24)15-41-11-12-44(2,3)4/h5-8,13-14,36H,9-12,15-17H2,1-4H3,(H,34,35)(H,37,38)(H,39,40). The Labute approximate surface area is 266 Å². The largest absolute Gasteiger partial charge is 0.484 e. The molecule has 10 nitrogen and oxygen atoms in total. The van der Waals surface area contributed by atoms with Gasteiger partial charge in [-0.1, -0.05) is 55.0 Å². The molecule has 2 aromatic heterocycles. The van der Waals surface area contributed by atoms with Gasteiger partial charge in [0.15, 0.2) is 0 Å². The SMILES string of the molecule is Cc1c(C(=O)NC2(c3ccc(C(=O)O)cc3)CCOC2)[nH]c2cc(OCc3nc(COCC[Si](C)(C)C)c[nH]3)c(Cl)c(Cl)c12. The van der Waals surface area contributed by atoms with E-state index in [4.69, 9.17) is 37.4 Å². The number of carbonyl (C=O) groups excluding carboxylic acids is 1. The summed E-state index contributed by atoms with van der Waals surface area (Å²) in [6.45, 7) is 10.7. The average molecular weight is 660 g/mol. The highest BCUT2D eigenvalue weighted by molar-refractivity contribution is 6.76. The number of carboxylic acids is 1. The number of amides is 1. The molecular formula is C31H36Cl2N4O6Si. The van der Waals surface area contributed by atoms with Crippen LogP contribution in [0.3, 0.4) is 0 Å². The molecule has 2 aromatic carbocycles. The van der Waals surface area contributed by atoms with Crippen molar-refractivity contribution < 1.29 is 28.9 Å². The number of aromatic carboxylic acids is 1. The van der Waals surface area contributed by atoms with E-state index < -0.39 is 19.6 Å². The first-order valence-electron chi connectivity index (χ1n) is 14.3. The Hall–Kier alpha value is -3.35. The minimum atomic E-state index is -1.15. The van der Waals surface area contributed by atoms with Crippen molar-refractivity contribution in [2.45, 2.75) is 57.8 Å². The van der Waals surface area contributed by atoms with Crippen molar-refractivity contribution in [2.75, 3.05) is 19.8 Å². The Morgan fingerprint density at radius 3 is 2.57 bits per heavy atom. The van der Waals surface area contributed by atoms with Crippen LogP contribution in [0.1, 0.15) is 49.9 Å². The van der Waals surface area contributed by atoms with Gasteiger partial charge in [0.2, 0.25) is 0 Å². The van der Waals surface area contributed by atoms with Crippen LogP contribution < -0.4 is 10.1 Å². The number of benzene rings is 2. The van der Waals surface area contributed by atoms with Gasteiger partial charge in [-0.15, -0.1) is 0 Å². The normalized spacial score (nSPS) is 16.9. The van der Waals surface area contributed by atoms with Gasteiger partial charge in [-0.3, -0.25) is 4.79 Å². The summed E-state index contributed by atoms with van der Waals surface area (Å²) < 4.78 is 17.4. The number of H-pyrrole nitrogens is 2. The van der Waals surface area contributed by atoms with Gasteiger partial charge in [0, 0.05) is 45.4 Å². The van der Waals surface area contributed by atoms with E-state index in [-0.39, 0.29) is 34.7 Å². The molecule has 1 atom stereocenters. The molecule has 0 aliphatic carbocycles. The summed E-state index contributed by atoms with van der Waals surface area (Å²) in [6.07, 6.45) is 2.33. The zero-order chi connectivity index (χ0) is 31.6. The minimum Gasteiger partial charge on any atom is -0.484 e. The number of aromatic amines is 2. The zero-order valence-corrected chi connectivity index (χ0v) is 27.6. The number of hydrogen-bond acceptors (Lipinski definition) is 6. The average Bonchev–Trinajstić information content (AvgIpc) is 3.71. The van der Waals surface area contributed by atoms with Gasteiger partial charge < -0.3 is 34.6 Å². The second-order valence-electron chi connectivity index (χ2n) is 12.3. The maximum absolute atomic E-state index is 13.7. The third kappa shape index (κ3) is 6.97. The van der Waals surface area contributed by atoms with E-state index in [2.05, 4.69) is 39.9 Å². The summed E-state index contributed by atoms with van der Waals surface area (Å²) in [7, 11) is -1.15. The topological polar surface area (TPSA) is 139 Å². The molecule has 1 fully saturated rings. The molecular weight excluding hydrogens is 623 g/mol. The Morgan fingerprint density at radius 1 is 1.16 bits per heavy atom. The first-order chi connectivity index (χ1) is 20.9. The molecule has 0 spiro atoms. The van der Waals surface area contributed by atoms with Gasteiger partial charge in [0.05, 0.1) is 40.5 Å². The molecule has 13 heteroatoms. The van der Waals surface area contributed by atoms with Crippen LogP contribution in [0.25, 0.3) is 10.9 Å². The predicted molar refractivity (Wildman–Crippen MR) is 172 cm³/mol. The molecule has 4 aromatic rings. The molecule has 0 radical (unpaired) electrons. The quantitative estimate of drug-likeness (QED) is 0.0983. The van der Waals surface area contributed by atoms with E-state index in [1.54, 1.807) is 31.3 Å². The number of carboxylic acid groups (broad SMARTS) is 1. The molecule has 1 aliphatic heterocycles. The number of nitrogens with zero attached hydrogens (tertiary/aromatic N) is 1. The van der Waals surface area contributed by atoms with E-state index in [9.17, 15) is 14.7 Å². The third-order valence-electron chi connectivity index (χ3n) is 7.76. The lowest BCUT2D eigenvalue weighted by Gasteiger charge is -2.29. The highest BCUT2D eigenvalue weighted by Gasteiger charge is 2.39. The van der Waals surface area contributed by atoms with Crippen LogP contribution in [0.4, 0.5) is 0 Å². The van der Waals surface area contributed by atoms with E-state index in [0.717, 1.165) is 17.3 Å². The Bertz CT molecular complexity index is 1670. The van der Waals surface area contributed by atoms with E-state index in [1.165, 1.54) is 12.1 Å². The predicted octanol–water partition coefficient (Wildman–Crippen LogP) is 6.68. The summed E-state index contributed by atoms with van der Waals surface area (Å²) in [5, 5.41) is 13.5. The Kier molecular flexibility index (Phi) is 9.43. The van der Waals surface area contributed by atoms with Crippen molar-refractivity contribution in [1.82, 2.24) is 20.3 Å². The maximum atomic E-state index is 13.7. The summed E-state index contributed by atoms with van der Waals surface area (Å²) in [5.74, 6) is -0.405. The van der Waals surface area contributed by atoms with Crippen LogP contribution in [-0.4, -0.2) is 59.8 Å². The fourth-order valence-electron chi connectivity index (χ4n) is 5.18. The number of aryl methyl sites for hydroxylation is 1. The first-order valence-corrected chi connectivity index (χ1v) is 18.8. The molecule has 0 saturated carbocycles. The summed E-state index contributed by atoms with van der Waals surface area (Å²) in [5.41, 5.74) is 2.46. The van der Waals surface area contributed by atoms with E-state index in [0.29, 0.717) is 60.0 Å². The monoisotopic (exact) mass is 658 g/mol. The fourth-order valence-corrected chi connectivity index (χ4v) is 6.48. The molecule has 3 heterocycles. The number of halogens is 2. The number of carbonyl (C=O) groups is 2. The first kappa shape index (κ1) is 32.1. The fraction of sp³-hybridized carbons (Fsp3) is 0.387. The van der Waals surface area contributed by atoms with Crippen molar-refractivity contribution in [3.05, 3.63) is 80.5 Å². The van der Waals surface area contributed by atoms with Crippen molar-refractivity contribution in [1.29, 1.82) is 0 Å². The van der Waals surface area contributed by atoms with Crippen LogP contribution in [0.2, 0.25) is 35.7 Å². The summed E-state index contributed by atoms with van der Waals surface area (Å²) in [6, 6.07) is 9.27. The number of imidazole rings is 1. The third-order valence-corrected chi connectivity index (χ3v) is 10.3. The number of rotatable bonds is 12. The van der Waals surface area contributed by atoms with Crippen molar-refractivity contribution in [2.24, 2.45) is 0 Å². The lowest BCUT2D eigenvalue weighted by atomic mass is 9.88.